The fourth-order valence-electron chi connectivity index (χ4n) is 3.70. The Bertz CT molecular complexity index is 1060. The molecule has 0 aliphatic carbocycles. The van der Waals surface area contributed by atoms with Crippen molar-refractivity contribution in [3.8, 4) is 0 Å². The monoisotopic (exact) mass is 528 g/mol. The van der Waals surface area contributed by atoms with Crippen LogP contribution in [0, 0.1) is 0 Å². The van der Waals surface area contributed by atoms with Gasteiger partial charge in [0.1, 0.15) is 4.88 Å². The molecular weight excluding hydrogens is 500 g/mol. The second-order valence-corrected chi connectivity index (χ2v) is 9.08. The molecule has 35 heavy (non-hydrogen) atoms. The zero-order valence-corrected chi connectivity index (χ0v) is 21.3. The minimum atomic E-state index is -1.22. The Labute approximate surface area is 211 Å². The number of piperidine rings is 1. The van der Waals surface area contributed by atoms with Crippen LogP contribution in [0.5, 0.6) is 0 Å². The number of carbonyl (C=O) groups excluding carboxylic acids is 2. The van der Waals surface area contributed by atoms with E-state index >= 15 is 0 Å². The first-order valence-electron chi connectivity index (χ1n) is 11.2. The molecule has 2 atom stereocenters. The second kappa shape index (κ2) is 12.3. The number of carboxylic acids is 1. The van der Waals surface area contributed by atoms with E-state index in [-0.39, 0.29) is 46.1 Å². The van der Waals surface area contributed by atoms with Crippen LogP contribution < -0.4 is 15.5 Å². The molecule has 3 rings (SSSR count). The molecule has 3 heterocycles. The highest BCUT2D eigenvalue weighted by molar-refractivity contribution is 7.17. The van der Waals surface area contributed by atoms with E-state index in [0.717, 1.165) is 11.3 Å². The van der Waals surface area contributed by atoms with Gasteiger partial charge in [-0.05, 0) is 19.8 Å². The van der Waals surface area contributed by atoms with Crippen molar-refractivity contribution in [3.63, 3.8) is 0 Å². The summed E-state index contributed by atoms with van der Waals surface area (Å²) in [5.74, 6) is -2.04. The molecule has 0 saturated carbocycles. The maximum atomic E-state index is 12.7. The number of anilines is 1. The van der Waals surface area contributed by atoms with Crippen molar-refractivity contribution in [2.24, 2.45) is 0 Å². The Morgan fingerprint density at radius 2 is 2.06 bits per heavy atom. The summed E-state index contributed by atoms with van der Waals surface area (Å²) in [7, 11) is 1.50. The van der Waals surface area contributed by atoms with Crippen molar-refractivity contribution in [2.45, 2.75) is 38.8 Å². The van der Waals surface area contributed by atoms with Gasteiger partial charge in [0.25, 0.3) is 11.8 Å². The number of amides is 2. The predicted molar refractivity (Wildman–Crippen MR) is 130 cm³/mol. The highest BCUT2D eigenvalue weighted by atomic mass is 35.5. The molecule has 192 valence electrons. The predicted octanol–water partition coefficient (Wildman–Crippen LogP) is 1.57. The van der Waals surface area contributed by atoms with Crippen LogP contribution in [-0.4, -0.2) is 89.9 Å². The van der Waals surface area contributed by atoms with E-state index < -0.39 is 11.9 Å². The van der Waals surface area contributed by atoms with Gasteiger partial charge in [0.05, 0.1) is 24.4 Å². The first-order valence-corrected chi connectivity index (χ1v) is 12.4. The number of carboxylic acid groups (broad SMARTS) is 1. The number of methoxy groups -OCH3 is 1. The maximum Gasteiger partial charge on any atom is 0.348 e. The van der Waals surface area contributed by atoms with Crippen LogP contribution in [0.15, 0.2) is 0 Å². The summed E-state index contributed by atoms with van der Waals surface area (Å²) in [4.78, 5) is 50.0. The summed E-state index contributed by atoms with van der Waals surface area (Å²) in [5, 5.41) is 15.8. The van der Waals surface area contributed by atoms with Crippen molar-refractivity contribution in [2.75, 3.05) is 44.9 Å². The molecule has 0 spiro atoms. The van der Waals surface area contributed by atoms with Gasteiger partial charge in [-0.2, -0.15) is 0 Å². The molecule has 0 radical (unpaired) electrons. The highest BCUT2D eigenvalue weighted by Gasteiger charge is 2.34. The number of rotatable bonds is 11. The number of aryl methyl sites for hydroxylation is 1. The topological polar surface area (TPSA) is 159 Å². The lowest BCUT2D eigenvalue weighted by atomic mass is 10.0. The molecule has 1 aliphatic rings. The van der Waals surface area contributed by atoms with Crippen molar-refractivity contribution < 1.29 is 29.0 Å². The summed E-state index contributed by atoms with van der Waals surface area (Å²) >= 11 is 6.99. The van der Waals surface area contributed by atoms with E-state index in [4.69, 9.17) is 21.1 Å². The molecule has 1 saturated heterocycles. The molecule has 0 bridgehead atoms. The van der Waals surface area contributed by atoms with E-state index in [2.05, 4.69) is 25.6 Å². The number of aromatic amines is 1. The number of aromatic nitrogens is 3. The van der Waals surface area contributed by atoms with Crippen molar-refractivity contribution in [1.82, 2.24) is 25.6 Å². The fourth-order valence-corrected chi connectivity index (χ4v) is 4.90. The molecule has 4 N–H and O–H groups in total. The van der Waals surface area contributed by atoms with Gasteiger partial charge in [-0.3, -0.25) is 9.59 Å². The average molecular weight is 529 g/mol. The van der Waals surface area contributed by atoms with Crippen LogP contribution >= 0.6 is 22.9 Å². The maximum absolute atomic E-state index is 12.7. The Kier molecular flexibility index (Phi) is 9.43. The lowest BCUT2D eigenvalue weighted by molar-refractivity contribution is 0.0271. The van der Waals surface area contributed by atoms with Gasteiger partial charge >= 0.3 is 5.97 Å². The van der Waals surface area contributed by atoms with Gasteiger partial charge < -0.3 is 35.1 Å². The van der Waals surface area contributed by atoms with E-state index in [9.17, 15) is 19.5 Å². The number of halogens is 1. The normalized spacial score (nSPS) is 17.9. The zero-order chi connectivity index (χ0) is 25.5. The molecule has 2 unspecified atom stereocenters. The van der Waals surface area contributed by atoms with Gasteiger partial charge in [0.15, 0.2) is 21.8 Å². The summed E-state index contributed by atoms with van der Waals surface area (Å²) in [5.41, 5.74) is 0.548. The third-order valence-electron chi connectivity index (χ3n) is 5.44. The number of carbonyl (C=O) groups is 3. The third-order valence-corrected chi connectivity index (χ3v) is 6.86. The van der Waals surface area contributed by atoms with Gasteiger partial charge in [0, 0.05) is 33.4 Å². The Morgan fingerprint density at radius 1 is 1.29 bits per heavy atom. The van der Waals surface area contributed by atoms with Crippen molar-refractivity contribution >= 4 is 45.9 Å². The number of hydrogen-bond acceptors (Lipinski definition) is 9. The summed E-state index contributed by atoms with van der Waals surface area (Å²) in [6, 6.07) is -0.302. The number of hydrogen-bond donors (Lipinski definition) is 4. The van der Waals surface area contributed by atoms with Gasteiger partial charge in [-0.1, -0.05) is 29.9 Å². The van der Waals surface area contributed by atoms with Crippen molar-refractivity contribution in [1.29, 1.82) is 0 Å². The molecule has 1 aliphatic heterocycles. The molecule has 2 amide bonds. The Balaban J connectivity index is 1.73. The van der Waals surface area contributed by atoms with Gasteiger partial charge in [-0.15, -0.1) is 0 Å². The quantitative estimate of drug-likeness (QED) is 0.317. The first kappa shape index (κ1) is 26.9. The van der Waals surface area contributed by atoms with Gasteiger partial charge in [0.2, 0.25) is 0 Å². The molecular formula is C21H29ClN6O6S. The van der Waals surface area contributed by atoms with Gasteiger partial charge in [-0.25, -0.2) is 14.8 Å². The van der Waals surface area contributed by atoms with E-state index in [1.165, 1.54) is 7.11 Å². The molecule has 2 aromatic heterocycles. The zero-order valence-electron chi connectivity index (χ0n) is 19.7. The molecule has 2 aromatic rings. The number of thiazole rings is 1. The molecule has 0 aromatic carbocycles. The van der Waals surface area contributed by atoms with E-state index in [0.29, 0.717) is 50.0 Å². The number of imidazole rings is 1. The number of aromatic carboxylic acids is 1. The third kappa shape index (κ3) is 6.48. The van der Waals surface area contributed by atoms with Crippen LogP contribution in [-0.2, 0) is 15.9 Å². The van der Waals surface area contributed by atoms with Crippen LogP contribution in [0.3, 0.4) is 0 Å². The van der Waals surface area contributed by atoms with Crippen LogP contribution in [0.1, 0.15) is 56.7 Å². The summed E-state index contributed by atoms with van der Waals surface area (Å²) in [6.45, 7) is 5.55. The van der Waals surface area contributed by atoms with E-state index in [1.54, 1.807) is 0 Å². The fraction of sp³-hybridized carbons (Fsp3) is 0.571. The summed E-state index contributed by atoms with van der Waals surface area (Å²) in [6.07, 6.45) is 0.755. The number of ether oxygens (including phenoxy) is 2. The molecule has 1 fully saturated rings. The SMILES string of the molecule is CCOC1CN(c2nc(C(=O)NCCOC)c(C(=O)O)s2)CCC1NC(=O)c1nc(Cl)c(CC)[nH]1. The smallest absolute Gasteiger partial charge is 0.348 e. The minimum absolute atomic E-state index is 0.139. The molecule has 14 heteroatoms. The highest BCUT2D eigenvalue weighted by Crippen LogP contribution is 2.30. The van der Waals surface area contributed by atoms with Crippen LogP contribution in [0.4, 0.5) is 5.13 Å². The Morgan fingerprint density at radius 3 is 2.69 bits per heavy atom. The summed E-state index contributed by atoms with van der Waals surface area (Å²) < 4.78 is 10.8. The van der Waals surface area contributed by atoms with Crippen LogP contribution in [0.25, 0.3) is 0 Å². The molecule has 12 nitrogen and oxygen atoms in total. The average Bonchev–Trinajstić information content (AvgIpc) is 3.44. The first-order chi connectivity index (χ1) is 16.8. The Hall–Kier alpha value is -2.74. The minimum Gasteiger partial charge on any atom is -0.477 e. The lowest BCUT2D eigenvalue weighted by Gasteiger charge is -2.38. The van der Waals surface area contributed by atoms with E-state index in [1.807, 2.05) is 18.7 Å². The van der Waals surface area contributed by atoms with Crippen LogP contribution in [0.2, 0.25) is 5.15 Å². The van der Waals surface area contributed by atoms with Crippen molar-refractivity contribution in [3.05, 3.63) is 27.2 Å². The largest absolute Gasteiger partial charge is 0.477 e. The lowest BCUT2D eigenvalue weighted by Crippen LogP contribution is -2.55. The standard InChI is InChI=1S/C21H29ClN6O6S/c1-4-11-16(22)27-17(24-11)19(30)25-12-6-8-28(10-13(12)34-5-2)21-26-14(15(35-21)20(31)32)18(29)23-7-9-33-3/h12-13H,4-10H2,1-3H3,(H,23,29)(H,24,27)(H,25,30)(H,31,32). The number of nitrogens with zero attached hydrogens (tertiary/aromatic N) is 3. The number of H-pyrrole nitrogens is 1. The number of nitrogens with one attached hydrogen (secondary N) is 3. The second-order valence-electron chi connectivity index (χ2n) is 7.74.